The van der Waals surface area contributed by atoms with Gasteiger partial charge in [-0.05, 0) is 35.9 Å². The van der Waals surface area contributed by atoms with E-state index in [1.54, 1.807) is 19.5 Å². The molecule has 0 atom stereocenters. The molecular formula is C14H12N2O. The molecule has 3 aromatic rings. The number of nitrogens with one attached hydrogen (secondary N) is 1. The molecule has 0 unspecified atom stereocenters. The van der Waals surface area contributed by atoms with Gasteiger partial charge in [-0.25, -0.2) is 0 Å². The smallest absolute Gasteiger partial charge is 0.127 e. The average molecular weight is 224 g/mol. The van der Waals surface area contributed by atoms with E-state index in [0.717, 1.165) is 27.8 Å². The summed E-state index contributed by atoms with van der Waals surface area (Å²) < 4.78 is 5.44. The number of aromatic nitrogens is 2. The second-order valence-corrected chi connectivity index (χ2v) is 3.85. The minimum Gasteiger partial charge on any atom is -0.496 e. The first-order valence-corrected chi connectivity index (χ1v) is 5.44. The van der Waals surface area contributed by atoms with Gasteiger partial charge < -0.3 is 9.72 Å². The largest absolute Gasteiger partial charge is 0.496 e. The topological polar surface area (TPSA) is 37.9 Å². The van der Waals surface area contributed by atoms with Crippen LogP contribution in [0.25, 0.3) is 22.0 Å². The van der Waals surface area contributed by atoms with Gasteiger partial charge in [0.05, 0.1) is 7.11 Å². The van der Waals surface area contributed by atoms with Gasteiger partial charge in [0.25, 0.3) is 0 Å². The molecule has 3 rings (SSSR count). The molecule has 3 nitrogen and oxygen atoms in total. The van der Waals surface area contributed by atoms with E-state index in [4.69, 9.17) is 4.74 Å². The van der Waals surface area contributed by atoms with Crippen molar-refractivity contribution in [1.82, 2.24) is 9.97 Å². The van der Waals surface area contributed by atoms with Gasteiger partial charge in [-0.3, -0.25) is 4.98 Å². The second kappa shape index (κ2) is 3.94. The van der Waals surface area contributed by atoms with Crippen LogP contribution in [0.2, 0.25) is 0 Å². The van der Waals surface area contributed by atoms with Crippen LogP contribution in [0.4, 0.5) is 0 Å². The van der Waals surface area contributed by atoms with Crippen LogP contribution in [0.1, 0.15) is 0 Å². The maximum Gasteiger partial charge on any atom is 0.127 e. The number of benzene rings is 1. The number of pyridine rings is 1. The number of aromatic amines is 1. The lowest BCUT2D eigenvalue weighted by Gasteiger charge is -2.08. The maximum absolute atomic E-state index is 5.44. The standard InChI is InChI=1S/C14H12N2O/c1-17-14-8-11-4-7-16-13(11)9-12(14)10-2-5-15-6-3-10/h2-9,16H,1H3. The Morgan fingerprint density at radius 2 is 1.94 bits per heavy atom. The molecule has 0 aliphatic carbocycles. The van der Waals surface area contributed by atoms with Crippen molar-refractivity contribution in [2.24, 2.45) is 0 Å². The molecule has 0 bridgehead atoms. The fourth-order valence-electron chi connectivity index (χ4n) is 2.01. The van der Waals surface area contributed by atoms with Gasteiger partial charge in [-0.15, -0.1) is 0 Å². The van der Waals surface area contributed by atoms with Crippen molar-refractivity contribution < 1.29 is 4.74 Å². The van der Waals surface area contributed by atoms with Crippen LogP contribution in [0.15, 0.2) is 48.9 Å². The zero-order valence-corrected chi connectivity index (χ0v) is 9.47. The van der Waals surface area contributed by atoms with Crippen molar-refractivity contribution in [1.29, 1.82) is 0 Å². The summed E-state index contributed by atoms with van der Waals surface area (Å²) in [4.78, 5) is 7.24. The van der Waals surface area contributed by atoms with Gasteiger partial charge in [0, 0.05) is 35.1 Å². The minimum atomic E-state index is 0.878. The predicted octanol–water partition coefficient (Wildman–Crippen LogP) is 3.24. The molecule has 0 radical (unpaired) electrons. The Hall–Kier alpha value is -2.29. The number of H-pyrrole nitrogens is 1. The van der Waals surface area contributed by atoms with Crippen LogP contribution in [-0.4, -0.2) is 17.1 Å². The quantitative estimate of drug-likeness (QED) is 0.725. The van der Waals surface area contributed by atoms with Crippen LogP contribution in [-0.2, 0) is 0 Å². The van der Waals surface area contributed by atoms with Gasteiger partial charge in [-0.2, -0.15) is 0 Å². The molecule has 0 fully saturated rings. The summed E-state index contributed by atoms with van der Waals surface area (Å²) in [5.74, 6) is 0.878. The average Bonchev–Trinajstić information content (AvgIpc) is 2.85. The molecule has 17 heavy (non-hydrogen) atoms. The Balaban J connectivity index is 2.26. The number of hydrogen-bond donors (Lipinski definition) is 1. The fraction of sp³-hybridized carbons (Fsp3) is 0.0714. The predicted molar refractivity (Wildman–Crippen MR) is 68.1 cm³/mol. The van der Waals surface area contributed by atoms with Crippen LogP contribution in [0, 0.1) is 0 Å². The highest BCUT2D eigenvalue weighted by Gasteiger charge is 2.08. The highest BCUT2D eigenvalue weighted by atomic mass is 16.5. The molecule has 1 aromatic carbocycles. The molecule has 3 heteroatoms. The lowest BCUT2D eigenvalue weighted by Crippen LogP contribution is -1.88. The third-order valence-electron chi connectivity index (χ3n) is 2.86. The summed E-state index contributed by atoms with van der Waals surface area (Å²) in [5, 5.41) is 1.15. The van der Waals surface area contributed by atoms with Crippen molar-refractivity contribution in [2.75, 3.05) is 7.11 Å². The minimum absolute atomic E-state index is 0.878. The zero-order chi connectivity index (χ0) is 11.7. The van der Waals surface area contributed by atoms with Crippen molar-refractivity contribution in [2.45, 2.75) is 0 Å². The van der Waals surface area contributed by atoms with Gasteiger partial charge in [0.2, 0.25) is 0 Å². The van der Waals surface area contributed by atoms with Crippen LogP contribution < -0.4 is 4.74 Å². The van der Waals surface area contributed by atoms with E-state index in [9.17, 15) is 0 Å². The number of ether oxygens (including phenoxy) is 1. The normalized spacial score (nSPS) is 10.6. The SMILES string of the molecule is COc1cc2cc[nH]c2cc1-c1ccncc1. The summed E-state index contributed by atoms with van der Waals surface area (Å²) in [6.45, 7) is 0. The van der Waals surface area contributed by atoms with Gasteiger partial charge in [-0.1, -0.05) is 0 Å². The monoisotopic (exact) mass is 224 g/mol. The van der Waals surface area contributed by atoms with E-state index in [2.05, 4.69) is 16.0 Å². The zero-order valence-electron chi connectivity index (χ0n) is 9.47. The number of nitrogens with zero attached hydrogens (tertiary/aromatic N) is 1. The van der Waals surface area contributed by atoms with Crippen LogP contribution in [0.5, 0.6) is 5.75 Å². The molecule has 1 N–H and O–H groups in total. The van der Waals surface area contributed by atoms with Crippen molar-refractivity contribution >= 4 is 10.9 Å². The van der Waals surface area contributed by atoms with E-state index in [0.29, 0.717) is 0 Å². The molecule has 0 amide bonds. The van der Waals surface area contributed by atoms with E-state index in [1.165, 1.54) is 0 Å². The number of rotatable bonds is 2. The molecular weight excluding hydrogens is 212 g/mol. The summed E-state index contributed by atoms with van der Waals surface area (Å²) in [6.07, 6.45) is 5.50. The number of methoxy groups -OCH3 is 1. The first kappa shape index (κ1) is 9.90. The Morgan fingerprint density at radius 3 is 2.71 bits per heavy atom. The highest BCUT2D eigenvalue weighted by molar-refractivity contribution is 5.88. The second-order valence-electron chi connectivity index (χ2n) is 3.85. The molecule has 2 heterocycles. The molecule has 0 aliphatic heterocycles. The van der Waals surface area contributed by atoms with E-state index in [1.807, 2.05) is 30.5 Å². The number of fused-ring (bicyclic) bond motifs is 1. The maximum atomic E-state index is 5.44. The molecule has 0 saturated carbocycles. The molecule has 0 spiro atoms. The fourth-order valence-corrected chi connectivity index (χ4v) is 2.01. The molecule has 2 aromatic heterocycles. The summed E-state index contributed by atoms with van der Waals surface area (Å²) in [5.41, 5.74) is 3.29. The lowest BCUT2D eigenvalue weighted by molar-refractivity contribution is 0.417. The summed E-state index contributed by atoms with van der Waals surface area (Å²) in [7, 11) is 1.69. The summed E-state index contributed by atoms with van der Waals surface area (Å²) in [6, 6.07) is 10.1. The third-order valence-corrected chi connectivity index (χ3v) is 2.86. The Kier molecular flexibility index (Phi) is 2.29. The van der Waals surface area contributed by atoms with Crippen molar-refractivity contribution in [3.05, 3.63) is 48.9 Å². The van der Waals surface area contributed by atoms with E-state index >= 15 is 0 Å². The molecule has 0 saturated heterocycles. The van der Waals surface area contributed by atoms with Gasteiger partial charge in [0.15, 0.2) is 0 Å². The Bertz CT molecular complexity index is 644. The Morgan fingerprint density at radius 1 is 1.12 bits per heavy atom. The van der Waals surface area contributed by atoms with Crippen LogP contribution in [0.3, 0.4) is 0 Å². The van der Waals surface area contributed by atoms with Crippen molar-refractivity contribution in [3.8, 4) is 16.9 Å². The summed E-state index contributed by atoms with van der Waals surface area (Å²) >= 11 is 0. The van der Waals surface area contributed by atoms with Crippen molar-refractivity contribution in [3.63, 3.8) is 0 Å². The number of hydrogen-bond acceptors (Lipinski definition) is 2. The molecule has 84 valence electrons. The highest BCUT2D eigenvalue weighted by Crippen LogP contribution is 2.33. The third kappa shape index (κ3) is 1.65. The van der Waals surface area contributed by atoms with Crippen LogP contribution >= 0.6 is 0 Å². The van der Waals surface area contributed by atoms with Gasteiger partial charge in [0.1, 0.15) is 5.75 Å². The van der Waals surface area contributed by atoms with E-state index in [-0.39, 0.29) is 0 Å². The van der Waals surface area contributed by atoms with Gasteiger partial charge >= 0.3 is 0 Å². The molecule has 0 aliphatic rings. The van der Waals surface area contributed by atoms with E-state index < -0.39 is 0 Å². The Labute approximate surface area is 99.1 Å². The first-order valence-electron chi connectivity index (χ1n) is 5.44. The lowest BCUT2D eigenvalue weighted by atomic mass is 10.0. The first-order chi connectivity index (χ1) is 8.38.